The Labute approximate surface area is 115 Å². The fourth-order valence-corrected chi connectivity index (χ4v) is 3.25. The Morgan fingerprint density at radius 2 is 2.44 bits per heavy atom. The van der Waals surface area contributed by atoms with Crippen LogP contribution in [0.1, 0.15) is 54.8 Å². The Morgan fingerprint density at radius 3 is 3.11 bits per heavy atom. The van der Waals surface area contributed by atoms with E-state index in [2.05, 4.69) is 30.0 Å². The third-order valence-corrected chi connectivity index (χ3v) is 4.79. The van der Waals surface area contributed by atoms with Crippen LogP contribution in [0.15, 0.2) is 18.9 Å². The van der Waals surface area contributed by atoms with Crippen molar-refractivity contribution >= 4 is 11.3 Å². The van der Waals surface area contributed by atoms with Gasteiger partial charge in [0.25, 0.3) is 0 Å². The summed E-state index contributed by atoms with van der Waals surface area (Å²) >= 11 is 1.89. The highest BCUT2D eigenvalue weighted by atomic mass is 32.1. The molecule has 1 aliphatic rings. The zero-order chi connectivity index (χ0) is 12.8. The second-order valence-corrected chi connectivity index (χ2v) is 6.34. The van der Waals surface area contributed by atoms with Crippen LogP contribution in [0.2, 0.25) is 0 Å². The van der Waals surface area contributed by atoms with E-state index in [9.17, 15) is 0 Å². The lowest BCUT2D eigenvalue weighted by Gasteiger charge is -2.12. The maximum absolute atomic E-state index is 4.49. The summed E-state index contributed by atoms with van der Waals surface area (Å²) in [6.07, 6.45) is 10.5. The Balaban J connectivity index is 1.63. The van der Waals surface area contributed by atoms with Gasteiger partial charge in [-0.3, -0.25) is 0 Å². The molecule has 1 aliphatic carbocycles. The van der Waals surface area contributed by atoms with E-state index in [1.54, 1.807) is 0 Å². The number of hydrogen-bond donors (Lipinski definition) is 1. The van der Waals surface area contributed by atoms with Gasteiger partial charge in [0.15, 0.2) is 0 Å². The summed E-state index contributed by atoms with van der Waals surface area (Å²) in [5, 5.41) is 4.76. The largest absolute Gasteiger partial charge is 0.310 e. The van der Waals surface area contributed by atoms with E-state index in [-0.39, 0.29) is 0 Å². The van der Waals surface area contributed by atoms with E-state index in [0.717, 1.165) is 31.3 Å². The van der Waals surface area contributed by atoms with Crippen molar-refractivity contribution in [2.75, 3.05) is 6.54 Å². The third kappa shape index (κ3) is 4.21. The predicted octanol–water partition coefficient (Wildman–Crippen LogP) is 4.10. The average molecular weight is 264 g/mol. The fourth-order valence-electron chi connectivity index (χ4n) is 2.19. The summed E-state index contributed by atoms with van der Waals surface area (Å²) in [5.41, 5.74) is 0. The van der Waals surface area contributed by atoms with Gasteiger partial charge in [0.1, 0.15) is 5.01 Å². The molecule has 0 spiro atoms. The molecule has 1 unspecified atom stereocenters. The monoisotopic (exact) mass is 264 g/mol. The van der Waals surface area contributed by atoms with Gasteiger partial charge in [0.2, 0.25) is 0 Å². The smallest absolute Gasteiger partial charge is 0.107 e. The molecule has 1 aromatic rings. The molecule has 18 heavy (non-hydrogen) atoms. The Morgan fingerprint density at radius 1 is 1.61 bits per heavy atom. The Bertz CT molecular complexity index is 368. The molecule has 2 rings (SSSR count). The highest BCUT2D eigenvalue weighted by Crippen LogP contribution is 2.42. The zero-order valence-corrected chi connectivity index (χ0v) is 12.1. The van der Waals surface area contributed by atoms with Crippen LogP contribution < -0.4 is 5.32 Å². The van der Waals surface area contributed by atoms with E-state index in [0.29, 0.717) is 0 Å². The van der Waals surface area contributed by atoms with Gasteiger partial charge < -0.3 is 5.32 Å². The van der Waals surface area contributed by atoms with Crippen LogP contribution in [0.25, 0.3) is 0 Å². The van der Waals surface area contributed by atoms with Gasteiger partial charge in [0, 0.05) is 17.6 Å². The molecule has 0 amide bonds. The second-order valence-electron chi connectivity index (χ2n) is 5.19. The van der Waals surface area contributed by atoms with E-state index in [4.69, 9.17) is 0 Å². The van der Waals surface area contributed by atoms with E-state index in [1.807, 2.05) is 17.4 Å². The summed E-state index contributed by atoms with van der Waals surface area (Å²) in [6.45, 7) is 8.10. The molecular weight excluding hydrogens is 240 g/mol. The van der Waals surface area contributed by atoms with E-state index < -0.39 is 0 Å². The lowest BCUT2D eigenvalue weighted by molar-refractivity contribution is 0.455. The zero-order valence-electron chi connectivity index (χ0n) is 11.3. The number of hydrogen-bond acceptors (Lipinski definition) is 3. The van der Waals surface area contributed by atoms with Gasteiger partial charge in [-0.1, -0.05) is 19.4 Å². The molecule has 0 radical (unpaired) electrons. The van der Waals surface area contributed by atoms with Gasteiger partial charge in [-0.05, 0) is 44.1 Å². The van der Waals surface area contributed by atoms with E-state index >= 15 is 0 Å². The molecule has 0 saturated heterocycles. The van der Waals surface area contributed by atoms with Gasteiger partial charge in [0.05, 0.1) is 0 Å². The molecular formula is C15H24N2S. The molecule has 1 saturated carbocycles. The molecule has 1 fully saturated rings. The predicted molar refractivity (Wildman–Crippen MR) is 79.0 cm³/mol. The van der Waals surface area contributed by atoms with Gasteiger partial charge in [-0.15, -0.1) is 17.9 Å². The summed E-state index contributed by atoms with van der Waals surface area (Å²) in [5.74, 6) is 1.63. The van der Waals surface area contributed by atoms with Crippen molar-refractivity contribution in [3.05, 3.63) is 28.7 Å². The van der Waals surface area contributed by atoms with Crippen molar-refractivity contribution < 1.29 is 0 Å². The van der Waals surface area contributed by atoms with Crippen LogP contribution >= 0.6 is 11.3 Å². The van der Waals surface area contributed by atoms with Crippen LogP contribution in [-0.4, -0.2) is 11.5 Å². The number of thiazole rings is 1. The summed E-state index contributed by atoms with van der Waals surface area (Å²) < 4.78 is 0. The molecule has 1 heterocycles. The minimum atomic E-state index is 0.785. The molecule has 0 bridgehead atoms. The number of rotatable bonds is 9. The molecule has 1 aromatic heterocycles. The summed E-state index contributed by atoms with van der Waals surface area (Å²) in [7, 11) is 0. The first kappa shape index (κ1) is 13.8. The Hall–Kier alpha value is -0.670. The molecule has 2 nitrogen and oxygen atoms in total. The lowest BCUT2D eigenvalue weighted by Crippen LogP contribution is -2.17. The highest BCUT2D eigenvalue weighted by Gasteiger charge is 2.25. The summed E-state index contributed by atoms with van der Waals surface area (Å²) in [4.78, 5) is 5.98. The van der Waals surface area contributed by atoms with Crippen molar-refractivity contribution in [3.63, 3.8) is 0 Å². The molecule has 0 aromatic carbocycles. The molecule has 3 heteroatoms. The molecule has 1 N–H and O–H groups in total. The normalized spacial score (nSPS) is 16.7. The minimum absolute atomic E-state index is 0.785. The van der Waals surface area contributed by atoms with Crippen LogP contribution in [-0.2, 0) is 6.54 Å². The molecule has 100 valence electrons. The van der Waals surface area contributed by atoms with Crippen LogP contribution in [0.4, 0.5) is 0 Å². The van der Waals surface area contributed by atoms with Gasteiger partial charge in [-0.2, -0.15) is 0 Å². The first-order valence-corrected chi connectivity index (χ1v) is 7.91. The topological polar surface area (TPSA) is 24.9 Å². The van der Waals surface area contributed by atoms with Crippen molar-refractivity contribution in [1.82, 2.24) is 10.3 Å². The number of allylic oxidation sites excluding steroid dienone is 1. The number of aromatic nitrogens is 1. The first-order chi connectivity index (χ1) is 8.83. The molecule has 1 atom stereocenters. The van der Waals surface area contributed by atoms with Crippen molar-refractivity contribution in [3.8, 4) is 0 Å². The van der Waals surface area contributed by atoms with Crippen molar-refractivity contribution in [2.24, 2.45) is 5.92 Å². The van der Waals surface area contributed by atoms with E-state index in [1.165, 1.54) is 35.6 Å². The summed E-state index contributed by atoms with van der Waals surface area (Å²) in [6, 6.07) is 0. The maximum atomic E-state index is 4.49. The van der Waals surface area contributed by atoms with Crippen LogP contribution in [0.5, 0.6) is 0 Å². The first-order valence-electron chi connectivity index (χ1n) is 7.09. The standard InChI is InChI=1S/C15H24N2S/c1-3-5-12(4-2)8-9-16-11-15-17-10-14(18-15)13-6-7-13/h3,10,12-13,16H,1,4-9,11H2,2H3. The second kappa shape index (κ2) is 7.05. The average Bonchev–Trinajstić information content (AvgIpc) is 3.13. The quantitative estimate of drug-likeness (QED) is 0.536. The maximum Gasteiger partial charge on any atom is 0.107 e. The van der Waals surface area contributed by atoms with Crippen molar-refractivity contribution in [2.45, 2.75) is 51.5 Å². The third-order valence-electron chi connectivity index (χ3n) is 3.63. The van der Waals surface area contributed by atoms with Crippen LogP contribution in [0.3, 0.4) is 0 Å². The SMILES string of the molecule is C=CCC(CC)CCNCc1ncc(C2CC2)s1. The van der Waals surface area contributed by atoms with Crippen molar-refractivity contribution in [1.29, 1.82) is 0 Å². The minimum Gasteiger partial charge on any atom is -0.310 e. The Kier molecular flexibility index (Phi) is 5.39. The van der Waals surface area contributed by atoms with Crippen LogP contribution in [0, 0.1) is 5.92 Å². The highest BCUT2D eigenvalue weighted by molar-refractivity contribution is 7.11. The lowest BCUT2D eigenvalue weighted by atomic mass is 9.99. The number of nitrogens with zero attached hydrogens (tertiary/aromatic N) is 1. The van der Waals surface area contributed by atoms with Gasteiger partial charge in [-0.25, -0.2) is 4.98 Å². The van der Waals surface area contributed by atoms with Gasteiger partial charge >= 0.3 is 0 Å². The molecule has 0 aliphatic heterocycles. The number of nitrogens with one attached hydrogen (secondary N) is 1. The fraction of sp³-hybridized carbons (Fsp3) is 0.667.